The first-order valence-corrected chi connectivity index (χ1v) is 4.72. The molecule has 2 heteroatoms. The van der Waals surface area contributed by atoms with Crippen molar-refractivity contribution in [2.45, 2.75) is 26.2 Å². The summed E-state index contributed by atoms with van der Waals surface area (Å²) in [5, 5.41) is 0. The molecule has 0 spiro atoms. The van der Waals surface area contributed by atoms with E-state index in [0.29, 0.717) is 0 Å². The third-order valence-corrected chi connectivity index (χ3v) is 1.86. The van der Waals surface area contributed by atoms with Crippen molar-refractivity contribution < 1.29 is 0 Å². The monoisotopic (exact) mass is 134 g/mol. The van der Waals surface area contributed by atoms with Crippen LogP contribution in [0.1, 0.15) is 26.2 Å². The van der Waals surface area contributed by atoms with E-state index in [-0.39, 0.29) is 0 Å². The van der Waals surface area contributed by atoms with E-state index >= 15 is 0 Å². The molecule has 0 aromatic rings. The maximum atomic E-state index is 4.01. The van der Waals surface area contributed by atoms with Crippen LogP contribution in [0.2, 0.25) is 0 Å². The molecule has 0 aromatic carbocycles. The van der Waals surface area contributed by atoms with Crippen molar-refractivity contribution in [3.63, 3.8) is 0 Å². The average Bonchev–Trinajstić information content (AvgIpc) is 1.69. The molecule has 0 aliphatic heterocycles. The number of hydrogen-bond acceptors (Lipinski definition) is 0. The normalized spacial score (nSPS) is 8.57. The Hall–Kier alpha value is 0.650. The van der Waals surface area contributed by atoms with E-state index in [9.17, 15) is 0 Å². The van der Waals surface area contributed by atoms with Gasteiger partial charge in [0, 0.05) is 0 Å². The molecule has 0 rings (SSSR count). The van der Waals surface area contributed by atoms with E-state index in [2.05, 4.69) is 14.7 Å². The zero-order valence-corrected chi connectivity index (χ0v) is 6.39. The van der Waals surface area contributed by atoms with Crippen molar-refractivity contribution in [1.82, 2.24) is 0 Å². The molecule has 0 atom stereocenters. The van der Waals surface area contributed by atoms with Gasteiger partial charge in [-0.05, 0) is 0 Å². The molecule has 0 radical (unpaired) electrons. The van der Waals surface area contributed by atoms with Gasteiger partial charge in [0.25, 0.3) is 0 Å². The molecule has 0 fully saturated rings. The molecular formula is C5H11PS. The zero-order valence-electron chi connectivity index (χ0n) is 4.68. The van der Waals surface area contributed by atoms with Gasteiger partial charge in [-0.25, -0.2) is 0 Å². The zero-order chi connectivity index (χ0) is 5.54. The molecule has 0 nitrogen and oxygen atoms in total. The number of rotatable bonds is 3. The molecule has 0 bridgehead atoms. The molecule has 0 heterocycles. The summed E-state index contributed by atoms with van der Waals surface area (Å²) in [6.45, 7) is 2.21. The van der Waals surface area contributed by atoms with Crippen LogP contribution in [0.4, 0.5) is 0 Å². The second-order valence-corrected chi connectivity index (χ2v) is 2.98. The fourth-order valence-electron chi connectivity index (χ4n) is 0.417. The van der Waals surface area contributed by atoms with Crippen molar-refractivity contribution in [2.75, 3.05) is 5.75 Å². The van der Waals surface area contributed by atoms with Crippen molar-refractivity contribution in [1.29, 1.82) is 0 Å². The SMILES string of the molecule is CCCCCS#P. The van der Waals surface area contributed by atoms with E-state index in [1.165, 1.54) is 25.0 Å². The van der Waals surface area contributed by atoms with Gasteiger partial charge in [0.1, 0.15) is 0 Å². The molecule has 0 aliphatic carbocycles. The molecule has 7 heavy (non-hydrogen) atoms. The Kier molecular flexibility index (Phi) is 7.27. The molecule has 0 saturated heterocycles. The fourth-order valence-corrected chi connectivity index (χ4v) is 1.14. The molecule has 0 amide bonds. The van der Waals surface area contributed by atoms with Crippen LogP contribution < -0.4 is 0 Å². The van der Waals surface area contributed by atoms with Crippen LogP contribution >= 0.6 is 18.6 Å². The van der Waals surface area contributed by atoms with Gasteiger partial charge in [0.15, 0.2) is 0 Å². The van der Waals surface area contributed by atoms with E-state index in [4.69, 9.17) is 0 Å². The molecule has 42 valence electrons. The summed E-state index contributed by atoms with van der Waals surface area (Å²) in [6.07, 6.45) is 3.99. The molecule has 0 aliphatic rings. The van der Waals surface area contributed by atoms with E-state index in [1.54, 1.807) is 10.7 Å². The minimum absolute atomic E-state index is 1.21. The van der Waals surface area contributed by atoms with Crippen molar-refractivity contribution >= 4 is 18.6 Å². The van der Waals surface area contributed by atoms with Crippen LogP contribution in [-0.2, 0) is 0 Å². The Labute approximate surface area is 51.1 Å². The minimum atomic E-state index is 1.21. The Morgan fingerprint density at radius 3 is 2.57 bits per heavy atom. The molecule has 0 N–H and O–H groups in total. The number of unbranched alkanes of at least 4 members (excludes halogenated alkanes) is 2. The van der Waals surface area contributed by atoms with E-state index < -0.39 is 0 Å². The van der Waals surface area contributed by atoms with Gasteiger partial charge < -0.3 is 0 Å². The fraction of sp³-hybridized carbons (Fsp3) is 1.00. The Balaban J connectivity index is 2.60. The van der Waals surface area contributed by atoms with Gasteiger partial charge in [-0.1, -0.05) is 0 Å². The predicted octanol–water partition coefficient (Wildman–Crippen LogP) is 3.24. The van der Waals surface area contributed by atoms with Gasteiger partial charge in [-0.2, -0.15) is 0 Å². The van der Waals surface area contributed by atoms with E-state index in [1.807, 2.05) is 0 Å². The van der Waals surface area contributed by atoms with Gasteiger partial charge >= 0.3 is 50.5 Å². The van der Waals surface area contributed by atoms with Crippen LogP contribution in [0.3, 0.4) is 0 Å². The van der Waals surface area contributed by atoms with Gasteiger partial charge in [0.2, 0.25) is 0 Å². The topological polar surface area (TPSA) is 0 Å². The Bertz CT molecular complexity index is 65.0. The van der Waals surface area contributed by atoms with Gasteiger partial charge in [-0.3, -0.25) is 0 Å². The van der Waals surface area contributed by atoms with Crippen LogP contribution in [0.25, 0.3) is 0 Å². The molecular weight excluding hydrogens is 123 g/mol. The third kappa shape index (κ3) is 6.65. The Morgan fingerprint density at radius 1 is 1.43 bits per heavy atom. The van der Waals surface area contributed by atoms with Crippen molar-refractivity contribution in [2.24, 2.45) is 0 Å². The molecule has 0 saturated carbocycles. The standard InChI is InChI=1S/C5H11PS/c1-2-3-4-5-7-6/h2-5H2,1H3. The average molecular weight is 134 g/mol. The summed E-state index contributed by atoms with van der Waals surface area (Å²) in [6, 6.07) is 0. The van der Waals surface area contributed by atoms with Crippen LogP contribution in [0.15, 0.2) is 0 Å². The maximum absolute atomic E-state index is 4.01. The first-order chi connectivity index (χ1) is 3.41. The van der Waals surface area contributed by atoms with Crippen molar-refractivity contribution in [3.05, 3.63) is 0 Å². The van der Waals surface area contributed by atoms with E-state index in [0.717, 1.165) is 0 Å². The van der Waals surface area contributed by atoms with Crippen LogP contribution in [-0.4, -0.2) is 5.75 Å². The van der Waals surface area contributed by atoms with Crippen molar-refractivity contribution in [3.8, 4) is 0 Å². The summed E-state index contributed by atoms with van der Waals surface area (Å²) < 4.78 is 0. The summed E-state index contributed by atoms with van der Waals surface area (Å²) in [5.74, 6) is 1.21. The third-order valence-electron chi connectivity index (χ3n) is 0.839. The first kappa shape index (κ1) is 7.65. The first-order valence-electron chi connectivity index (χ1n) is 2.68. The second kappa shape index (κ2) is 6.65. The molecule has 0 unspecified atom stereocenters. The predicted molar refractivity (Wildman–Crippen MR) is 38.9 cm³/mol. The second-order valence-electron chi connectivity index (χ2n) is 1.54. The summed E-state index contributed by atoms with van der Waals surface area (Å²) in [7, 11) is 5.65. The van der Waals surface area contributed by atoms with Crippen LogP contribution in [0.5, 0.6) is 0 Å². The summed E-state index contributed by atoms with van der Waals surface area (Å²) >= 11 is 0. The summed E-state index contributed by atoms with van der Waals surface area (Å²) in [4.78, 5) is 0. The number of hydrogen-bond donors (Lipinski definition) is 0. The van der Waals surface area contributed by atoms with Crippen LogP contribution in [0, 0.1) is 0 Å². The van der Waals surface area contributed by atoms with Gasteiger partial charge in [-0.15, -0.1) is 0 Å². The van der Waals surface area contributed by atoms with Gasteiger partial charge in [0.05, 0.1) is 0 Å². The summed E-state index contributed by atoms with van der Waals surface area (Å²) in [5.41, 5.74) is 0. The quantitative estimate of drug-likeness (QED) is 0.410. The molecule has 0 aromatic heterocycles. The Morgan fingerprint density at radius 2 is 2.14 bits per heavy atom.